The van der Waals surface area contributed by atoms with Crippen LogP contribution in [0.1, 0.15) is 55.4 Å². The van der Waals surface area contributed by atoms with Crippen molar-refractivity contribution in [3.05, 3.63) is 166 Å². The van der Waals surface area contributed by atoms with E-state index in [1.807, 2.05) is 101 Å². The molecule has 0 aromatic heterocycles. The van der Waals surface area contributed by atoms with E-state index >= 15 is 0 Å². The molecule has 0 heterocycles. The topological polar surface area (TPSA) is 149 Å². The minimum absolute atomic E-state index is 0.284. The van der Waals surface area contributed by atoms with Crippen LogP contribution in [0, 0.1) is 0 Å². The summed E-state index contributed by atoms with van der Waals surface area (Å²) in [6.45, 7) is 13.8. The largest absolute Gasteiger partial charge is 0.478 e. The van der Waals surface area contributed by atoms with Gasteiger partial charge in [-0.2, -0.15) is 0 Å². The lowest BCUT2D eigenvalue weighted by atomic mass is 10.2. The number of carbonyl (C=O) groups is 4. The molecular formula is C40H48O8. The van der Waals surface area contributed by atoms with Crippen molar-refractivity contribution in [2.24, 2.45) is 0 Å². The number of hydrogen-bond acceptors (Lipinski definition) is 4. The van der Waals surface area contributed by atoms with Crippen LogP contribution in [0.5, 0.6) is 0 Å². The monoisotopic (exact) mass is 656 g/mol. The molecule has 0 aromatic rings. The Labute approximate surface area is 284 Å². The van der Waals surface area contributed by atoms with E-state index in [4.69, 9.17) is 20.4 Å². The van der Waals surface area contributed by atoms with Crippen molar-refractivity contribution < 1.29 is 39.6 Å². The Kier molecular flexibility index (Phi) is 24.5. The molecule has 0 atom stereocenters. The molecule has 48 heavy (non-hydrogen) atoms. The maximum Gasteiger partial charge on any atom is 0.331 e. The first-order valence-electron chi connectivity index (χ1n) is 14.8. The highest BCUT2D eigenvalue weighted by molar-refractivity contribution is 5.87. The number of aliphatic carboxylic acids is 4. The summed E-state index contributed by atoms with van der Waals surface area (Å²) in [7, 11) is 0. The van der Waals surface area contributed by atoms with E-state index < -0.39 is 23.9 Å². The number of carboxylic acid groups (broad SMARTS) is 4. The Balaban J connectivity index is 0. The summed E-state index contributed by atoms with van der Waals surface area (Å²) in [6.07, 6.45) is 35.4. The first kappa shape index (κ1) is 44.4. The van der Waals surface area contributed by atoms with Crippen molar-refractivity contribution in [2.75, 3.05) is 0 Å². The smallest absolute Gasteiger partial charge is 0.331 e. The maximum atomic E-state index is 10.6. The van der Waals surface area contributed by atoms with Gasteiger partial charge < -0.3 is 20.4 Å². The van der Waals surface area contributed by atoms with Crippen LogP contribution < -0.4 is 0 Å². The highest BCUT2D eigenvalue weighted by Crippen LogP contribution is 2.03. The standard InChI is InChI=1S/2C20H24O4/c2*1-15(11-7-13-17(3)19(21)22)9-5-6-10-16(2)12-8-14-18(4)20(23)24/h2*5-14H,1-4H3,(H,21,22)(H,23,24)/b2*6-5+,11-7+,12-8+,15-9+,16-10+,17-13+,18-14+. The molecule has 0 bridgehead atoms. The van der Waals surface area contributed by atoms with Gasteiger partial charge in [0.1, 0.15) is 0 Å². The van der Waals surface area contributed by atoms with Crippen LogP contribution >= 0.6 is 0 Å². The zero-order valence-electron chi connectivity index (χ0n) is 29.0. The second-order valence-electron chi connectivity index (χ2n) is 10.5. The van der Waals surface area contributed by atoms with Crippen LogP contribution in [0.25, 0.3) is 0 Å². The van der Waals surface area contributed by atoms with Gasteiger partial charge in [0.25, 0.3) is 0 Å². The highest BCUT2D eigenvalue weighted by atomic mass is 16.4. The van der Waals surface area contributed by atoms with Crippen molar-refractivity contribution in [3.8, 4) is 0 Å². The van der Waals surface area contributed by atoms with Gasteiger partial charge in [-0.15, -0.1) is 0 Å². The van der Waals surface area contributed by atoms with Gasteiger partial charge in [0.05, 0.1) is 0 Å². The fraction of sp³-hybridized carbons (Fsp3) is 0.200. The summed E-state index contributed by atoms with van der Waals surface area (Å²) in [4.78, 5) is 42.5. The highest BCUT2D eigenvalue weighted by Gasteiger charge is 1.97. The van der Waals surface area contributed by atoms with Crippen LogP contribution in [-0.2, 0) is 19.2 Å². The number of hydrogen-bond donors (Lipinski definition) is 4. The third-order valence-electron chi connectivity index (χ3n) is 5.83. The van der Waals surface area contributed by atoms with Crippen LogP contribution in [-0.4, -0.2) is 44.3 Å². The van der Waals surface area contributed by atoms with Crippen molar-refractivity contribution in [2.45, 2.75) is 55.4 Å². The van der Waals surface area contributed by atoms with E-state index in [-0.39, 0.29) is 22.3 Å². The van der Waals surface area contributed by atoms with Crippen LogP contribution in [0.2, 0.25) is 0 Å². The third kappa shape index (κ3) is 26.6. The maximum absolute atomic E-state index is 10.6. The average molecular weight is 657 g/mol. The second kappa shape index (κ2) is 26.5. The van der Waals surface area contributed by atoms with E-state index in [2.05, 4.69) is 0 Å². The molecule has 0 spiro atoms. The molecule has 0 aliphatic carbocycles. The Morgan fingerprint density at radius 3 is 0.604 bits per heavy atom. The van der Waals surface area contributed by atoms with Crippen molar-refractivity contribution in [1.82, 2.24) is 0 Å². The summed E-state index contributed by atoms with van der Waals surface area (Å²) in [6, 6.07) is 0. The predicted molar refractivity (Wildman–Crippen MR) is 195 cm³/mol. The van der Waals surface area contributed by atoms with E-state index in [1.54, 1.807) is 76.3 Å². The molecule has 0 unspecified atom stereocenters. The van der Waals surface area contributed by atoms with E-state index in [0.29, 0.717) is 0 Å². The Morgan fingerprint density at radius 1 is 0.292 bits per heavy atom. The van der Waals surface area contributed by atoms with Crippen molar-refractivity contribution in [3.63, 3.8) is 0 Å². The predicted octanol–water partition coefficient (Wildman–Crippen LogP) is 9.22. The van der Waals surface area contributed by atoms with Crippen LogP contribution in [0.15, 0.2) is 166 Å². The minimum atomic E-state index is -0.928. The number of allylic oxidation sites excluding steroid dienone is 24. The summed E-state index contributed by atoms with van der Waals surface area (Å²) < 4.78 is 0. The molecule has 256 valence electrons. The van der Waals surface area contributed by atoms with Crippen molar-refractivity contribution in [1.29, 1.82) is 0 Å². The molecule has 0 aromatic carbocycles. The Hall–Kier alpha value is -5.76. The minimum Gasteiger partial charge on any atom is -0.478 e. The molecule has 4 N–H and O–H groups in total. The van der Waals surface area contributed by atoms with Gasteiger partial charge in [-0.1, -0.05) is 144 Å². The average Bonchev–Trinajstić information content (AvgIpc) is 3.01. The Bertz CT molecular complexity index is 1330. The molecule has 8 heteroatoms. The fourth-order valence-corrected chi connectivity index (χ4v) is 2.71. The molecule has 0 saturated carbocycles. The van der Waals surface area contributed by atoms with Gasteiger partial charge in [0, 0.05) is 22.3 Å². The third-order valence-corrected chi connectivity index (χ3v) is 5.83. The van der Waals surface area contributed by atoms with Gasteiger partial charge in [0.2, 0.25) is 0 Å². The summed E-state index contributed by atoms with van der Waals surface area (Å²) in [5, 5.41) is 34.9. The van der Waals surface area contributed by atoms with Gasteiger partial charge in [0.15, 0.2) is 0 Å². The molecule has 0 saturated heterocycles. The summed E-state index contributed by atoms with van der Waals surface area (Å²) in [5.41, 5.74) is 5.09. The lowest BCUT2D eigenvalue weighted by Crippen LogP contribution is -1.94. The second-order valence-corrected chi connectivity index (χ2v) is 10.5. The van der Waals surface area contributed by atoms with Gasteiger partial charge in [-0.05, 0) is 55.4 Å². The molecule has 0 radical (unpaired) electrons. The molecule has 0 amide bonds. The zero-order valence-corrected chi connectivity index (χ0v) is 29.0. The number of rotatable bonds is 16. The zero-order chi connectivity index (χ0) is 37.1. The SMILES string of the molecule is CC(/C=C/C=C(\C)C(=O)O)=C\C=C\C=C(C)\C=C\C=C(/C)C(=O)O.CC(/C=C/C=C(\C)C(=O)O)=C\C=C\C=C(C)\C=C\C=C(/C)C(=O)O. The van der Waals surface area contributed by atoms with E-state index in [9.17, 15) is 19.2 Å². The molecular weight excluding hydrogens is 608 g/mol. The lowest BCUT2D eigenvalue weighted by molar-refractivity contribution is -0.133. The number of carboxylic acids is 4. The first-order valence-corrected chi connectivity index (χ1v) is 14.8. The normalized spacial score (nSPS) is 15.0. The van der Waals surface area contributed by atoms with Crippen molar-refractivity contribution >= 4 is 23.9 Å². The van der Waals surface area contributed by atoms with E-state index in [0.717, 1.165) is 22.3 Å². The van der Waals surface area contributed by atoms with E-state index in [1.165, 1.54) is 0 Å². The molecule has 0 fully saturated rings. The van der Waals surface area contributed by atoms with Gasteiger partial charge in [-0.25, -0.2) is 19.2 Å². The summed E-state index contributed by atoms with van der Waals surface area (Å²) in [5.74, 6) is -3.71. The molecule has 0 rings (SSSR count). The fourth-order valence-electron chi connectivity index (χ4n) is 2.71. The quantitative estimate of drug-likeness (QED) is 0.0949. The lowest BCUT2D eigenvalue weighted by Gasteiger charge is -1.90. The molecule has 0 aliphatic rings. The molecule has 8 nitrogen and oxygen atoms in total. The molecule has 0 aliphatic heterocycles. The van der Waals surface area contributed by atoms with Crippen LogP contribution in [0.3, 0.4) is 0 Å². The van der Waals surface area contributed by atoms with Crippen LogP contribution in [0.4, 0.5) is 0 Å². The first-order chi connectivity index (χ1) is 22.5. The summed E-state index contributed by atoms with van der Waals surface area (Å²) >= 11 is 0. The van der Waals surface area contributed by atoms with Gasteiger partial charge >= 0.3 is 23.9 Å². The Morgan fingerprint density at radius 2 is 0.458 bits per heavy atom. The van der Waals surface area contributed by atoms with Gasteiger partial charge in [-0.3, -0.25) is 0 Å².